The van der Waals surface area contributed by atoms with Crippen molar-refractivity contribution in [1.82, 2.24) is 4.90 Å². The van der Waals surface area contributed by atoms with E-state index in [1.54, 1.807) is 4.90 Å². The molecule has 1 fully saturated rings. The van der Waals surface area contributed by atoms with Gasteiger partial charge in [-0.25, -0.2) is 4.39 Å². The van der Waals surface area contributed by atoms with E-state index in [-0.39, 0.29) is 24.1 Å². The van der Waals surface area contributed by atoms with E-state index in [0.29, 0.717) is 18.5 Å². The van der Waals surface area contributed by atoms with Crippen LogP contribution in [0.5, 0.6) is 5.75 Å². The third-order valence-electron chi connectivity index (χ3n) is 3.70. The van der Waals surface area contributed by atoms with Gasteiger partial charge >= 0.3 is 5.97 Å². The van der Waals surface area contributed by atoms with Crippen LogP contribution in [-0.2, 0) is 4.79 Å². The highest BCUT2D eigenvalue weighted by Crippen LogP contribution is 2.24. The lowest BCUT2D eigenvalue weighted by Crippen LogP contribution is -2.44. The summed E-state index contributed by atoms with van der Waals surface area (Å²) >= 11 is 0. The molecule has 0 spiro atoms. The Labute approximate surface area is 122 Å². The lowest BCUT2D eigenvalue weighted by Gasteiger charge is -2.35. The highest BCUT2D eigenvalue weighted by molar-refractivity contribution is 5.95. The maximum atomic E-state index is 13.4. The number of rotatable bonds is 4. The molecule has 1 amide bonds. The molecule has 1 aromatic carbocycles. The molecule has 2 rings (SSSR count). The van der Waals surface area contributed by atoms with Crippen LogP contribution < -0.4 is 4.74 Å². The summed E-state index contributed by atoms with van der Waals surface area (Å²) in [4.78, 5) is 25.0. The molecule has 0 aliphatic carbocycles. The second-order valence-corrected chi connectivity index (χ2v) is 5.10. The molecule has 0 saturated carbocycles. The molecule has 0 radical (unpaired) electrons. The summed E-state index contributed by atoms with van der Waals surface area (Å²) < 4.78 is 18.3. The molecule has 0 bridgehead atoms. The SMILES string of the molecule is COc1cc(C(=O)N2CCCCC2CC(=O)O)ccc1F. The fraction of sp³-hybridized carbons (Fsp3) is 0.467. The molecular formula is C15H18FNO4. The molecule has 1 aromatic rings. The van der Waals surface area contributed by atoms with E-state index in [1.165, 1.54) is 25.3 Å². The van der Waals surface area contributed by atoms with Crippen molar-refractivity contribution in [3.63, 3.8) is 0 Å². The number of likely N-dealkylation sites (tertiary alicyclic amines) is 1. The van der Waals surface area contributed by atoms with Gasteiger partial charge in [-0.1, -0.05) is 0 Å². The van der Waals surface area contributed by atoms with Crippen LogP contribution in [-0.4, -0.2) is 41.6 Å². The van der Waals surface area contributed by atoms with Gasteiger partial charge in [0.25, 0.3) is 5.91 Å². The number of carbonyl (C=O) groups is 2. The van der Waals surface area contributed by atoms with Gasteiger partial charge in [0, 0.05) is 18.2 Å². The molecule has 21 heavy (non-hydrogen) atoms. The van der Waals surface area contributed by atoms with Crippen LogP contribution >= 0.6 is 0 Å². The first kappa shape index (κ1) is 15.3. The van der Waals surface area contributed by atoms with Crippen molar-refractivity contribution in [3.8, 4) is 5.75 Å². The van der Waals surface area contributed by atoms with Crippen molar-refractivity contribution < 1.29 is 23.8 Å². The van der Waals surface area contributed by atoms with Gasteiger partial charge in [-0.3, -0.25) is 9.59 Å². The fourth-order valence-electron chi connectivity index (χ4n) is 2.64. The zero-order valence-corrected chi connectivity index (χ0v) is 11.8. The largest absolute Gasteiger partial charge is 0.494 e. The van der Waals surface area contributed by atoms with Gasteiger partial charge in [-0.05, 0) is 37.5 Å². The normalized spacial score (nSPS) is 18.4. The van der Waals surface area contributed by atoms with Crippen molar-refractivity contribution in [2.75, 3.05) is 13.7 Å². The van der Waals surface area contributed by atoms with Gasteiger partial charge in [0.15, 0.2) is 11.6 Å². The highest BCUT2D eigenvalue weighted by atomic mass is 19.1. The molecule has 5 nitrogen and oxygen atoms in total. The van der Waals surface area contributed by atoms with E-state index in [2.05, 4.69) is 0 Å². The molecule has 1 saturated heterocycles. The summed E-state index contributed by atoms with van der Waals surface area (Å²) in [5.41, 5.74) is 0.311. The second-order valence-electron chi connectivity index (χ2n) is 5.10. The van der Waals surface area contributed by atoms with Gasteiger partial charge in [-0.15, -0.1) is 0 Å². The maximum Gasteiger partial charge on any atom is 0.305 e. The molecule has 1 aliphatic heterocycles. The summed E-state index contributed by atoms with van der Waals surface area (Å²) in [6.45, 7) is 0.524. The summed E-state index contributed by atoms with van der Waals surface area (Å²) in [6, 6.07) is 3.62. The number of ether oxygens (including phenoxy) is 1. The van der Waals surface area contributed by atoms with Crippen LogP contribution in [0.15, 0.2) is 18.2 Å². The number of hydrogen-bond acceptors (Lipinski definition) is 3. The van der Waals surface area contributed by atoms with Crippen LogP contribution in [0, 0.1) is 5.82 Å². The number of nitrogens with zero attached hydrogens (tertiary/aromatic N) is 1. The van der Waals surface area contributed by atoms with Gasteiger partial charge in [0.1, 0.15) is 0 Å². The molecule has 0 aromatic heterocycles. The number of methoxy groups -OCH3 is 1. The zero-order valence-electron chi connectivity index (χ0n) is 11.8. The van der Waals surface area contributed by atoms with E-state index in [1.807, 2.05) is 0 Å². The smallest absolute Gasteiger partial charge is 0.305 e. The first-order chi connectivity index (χ1) is 10.0. The third kappa shape index (κ3) is 3.51. The number of carbonyl (C=O) groups excluding carboxylic acids is 1. The molecule has 1 heterocycles. The second kappa shape index (κ2) is 6.56. The minimum absolute atomic E-state index is 0.00708. The zero-order chi connectivity index (χ0) is 15.4. The predicted molar refractivity (Wildman–Crippen MR) is 73.9 cm³/mol. The monoisotopic (exact) mass is 295 g/mol. The molecule has 114 valence electrons. The molecule has 1 N–H and O–H groups in total. The first-order valence-electron chi connectivity index (χ1n) is 6.89. The Balaban J connectivity index is 2.22. The standard InChI is InChI=1S/C15H18FNO4/c1-21-13-8-10(5-6-12(13)16)15(20)17-7-3-2-4-11(17)9-14(18)19/h5-6,8,11H,2-4,7,9H2,1H3,(H,18,19). The van der Waals surface area contributed by atoms with E-state index in [0.717, 1.165) is 12.8 Å². The summed E-state index contributed by atoms with van der Waals surface area (Å²) in [6.07, 6.45) is 2.37. The molecule has 1 atom stereocenters. The van der Waals surface area contributed by atoms with Crippen LogP contribution in [0.3, 0.4) is 0 Å². The lowest BCUT2D eigenvalue weighted by molar-refractivity contribution is -0.138. The predicted octanol–water partition coefficient (Wildman–Crippen LogP) is 2.30. The summed E-state index contributed by atoms with van der Waals surface area (Å²) in [7, 11) is 1.33. The number of carboxylic acid groups (broad SMARTS) is 1. The lowest BCUT2D eigenvalue weighted by atomic mass is 9.98. The van der Waals surface area contributed by atoms with Crippen molar-refractivity contribution in [2.24, 2.45) is 0 Å². The van der Waals surface area contributed by atoms with Crippen molar-refractivity contribution in [1.29, 1.82) is 0 Å². The number of aliphatic carboxylic acids is 1. The molecule has 6 heteroatoms. The summed E-state index contributed by atoms with van der Waals surface area (Å²) in [5, 5.41) is 8.95. The molecule has 1 aliphatic rings. The Bertz CT molecular complexity index is 546. The summed E-state index contributed by atoms with van der Waals surface area (Å²) in [5.74, 6) is -1.72. The Kier molecular flexibility index (Phi) is 4.77. The van der Waals surface area contributed by atoms with Crippen LogP contribution in [0.1, 0.15) is 36.0 Å². The molecule has 1 unspecified atom stereocenters. The Morgan fingerprint density at radius 2 is 2.19 bits per heavy atom. The Morgan fingerprint density at radius 1 is 1.43 bits per heavy atom. The fourth-order valence-corrected chi connectivity index (χ4v) is 2.64. The number of carboxylic acids is 1. The highest BCUT2D eigenvalue weighted by Gasteiger charge is 2.29. The van der Waals surface area contributed by atoms with Crippen LogP contribution in [0.4, 0.5) is 4.39 Å². The quantitative estimate of drug-likeness (QED) is 0.925. The van der Waals surface area contributed by atoms with Crippen molar-refractivity contribution >= 4 is 11.9 Å². The van der Waals surface area contributed by atoms with Gasteiger partial charge in [-0.2, -0.15) is 0 Å². The minimum Gasteiger partial charge on any atom is -0.494 e. The first-order valence-corrected chi connectivity index (χ1v) is 6.89. The Hall–Kier alpha value is -2.11. The maximum absolute atomic E-state index is 13.4. The third-order valence-corrected chi connectivity index (χ3v) is 3.70. The van der Waals surface area contributed by atoms with Crippen molar-refractivity contribution in [3.05, 3.63) is 29.6 Å². The van der Waals surface area contributed by atoms with Gasteiger partial charge < -0.3 is 14.7 Å². The van der Waals surface area contributed by atoms with E-state index in [4.69, 9.17) is 9.84 Å². The average Bonchev–Trinajstić information content (AvgIpc) is 2.47. The van der Waals surface area contributed by atoms with E-state index in [9.17, 15) is 14.0 Å². The Morgan fingerprint density at radius 3 is 2.86 bits per heavy atom. The number of hydrogen-bond donors (Lipinski definition) is 1. The number of amides is 1. The average molecular weight is 295 g/mol. The van der Waals surface area contributed by atoms with Crippen LogP contribution in [0.25, 0.3) is 0 Å². The molecular weight excluding hydrogens is 277 g/mol. The van der Waals surface area contributed by atoms with Crippen LogP contribution in [0.2, 0.25) is 0 Å². The van der Waals surface area contributed by atoms with Gasteiger partial charge in [0.05, 0.1) is 13.5 Å². The van der Waals surface area contributed by atoms with E-state index >= 15 is 0 Å². The topological polar surface area (TPSA) is 66.8 Å². The number of benzene rings is 1. The van der Waals surface area contributed by atoms with Crippen molar-refractivity contribution in [2.45, 2.75) is 31.7 Å². The van der Waals surface area contributed by atoms with Gasteiger partial charge in [0.2, 0.25) is 0 Å². The van der Waals surface area contributed by atoms with E-state index < -0.39 is 11.8 Å². The minimum atomic E-state index is -0.920. The number of halogens is 1. The number of piperidine rings is 1.